The smallest absolute Gasteiger partial charge is 0.141 e. The van der Waals surface area contributed by atoms with E-state index in [9.17, 15) is 0 Å². The Labute approximate surface area is 133 Å². The molecule has 2 rings (SSSR count). The molecule has 2 nitrogen and oxygen atoms in total. The first kappa shape index (κ1) is 15.4. The summed E-state index contributed by atoms with van der Waals surface area (Å²) in [5, 5.41) is 4.05. The largest absolute Gasteiger partial charge is 0.456 e. The van der Waals surface area contributed by atoms with Crippen LogP contribution in [0.1, 0.15) is 19.4 Å². The zero-order valence-corrected chi connectivity index (χ0v) is 13.8. The van der Waals surface area contributed by atoms with Gasteiger partial charge in [0.15, 0.2) is 0 Å². The van der Waals surface area contributed by atoms with Gasteiger partial charge in [0.2, 0.25) is 0 Å². The molecule has 106 valence electrons. The van der Waals surface area contributed by atoms with Crippen molar-refractivity contribution >= 4 is 27.5 Å². The molecule has 0 bridgehead atoms. The van der Waals surface area contributed by atoms with Crippen molar-refractivity contribution in [2.45, 2.75) is 26.4 Å². The number of hydrogen-bond acceptors (Lipinski definition) is 2. The first-order valence-corrected chi connectivity index (χ1v) is 7.67. The van der Waals surface area contributed by atoms with Crippen LogP contribution in [0.25, 0.3) is 0 Å². The van der Waals surface area contributed by atoms with E-state index in [2.05, 4.69) is 35.1 Å². The lowest BCUT2D eigenvalue weighted by molar-refractivity contribution is 0.467. The Bertz CT molecular complexity index is 586. The molecule has 0 aliphatic rings. The molecule has 0 amide bonds. The fourth-order valence-corrected chi connectivity index (χ4v) is 2.26. The molecular weight excluding hydrogens is 338 g/mol. The number of hydrogen-bond donors (Lipinski definition) is 1. The average molecular weight is 355 g/mol. The van der Waals surface area contributed by atoms with Crippen molar-refractivity contribution in [3.63, 3.8) is 0 Å². The minimum Gasteiger partial charge on any atom is -0.456 e. The second-order valence-corrected chi connectivity index (χ2v) is 6.11. The summed E-state index contributed by atoms with van der Waals surface area (Å²) in [7, 11) is 0. The molecule has 0 atom stereocenters. The Hall–Kier alpha value is -1.03. The van der Waals surface area contributed by atoms with Gasteiger partial charge in [-0.2, -0.15) is 0 Å². The van der Waals surface area contributed by atoms with Gasteiger partial charge in [-0.3, -0.25) is 0 Å². The molecule has 0 fully saturated rings. The highest BCUT2D eigenvalue weighted by Crippen LogP contribution is 2.32. The molecule has 0 aliphatic carbocycles. The van der Waals surface area contributed by atoms with E-state index in [-0.39, 0.29) is 0 Å². The van der Waals surface area contributed by atoms with Gasteiger partial charge in [-0.25, -0.2) is 0 Å². The summed E-state index contributed by atoms with van der Waals surface area (Å²) >= 11 is 9.56. The van der Waals surface area contributed by atoms with Crippen LogP contribution in [0.2, 0.25) is 5.02 Å². The third kappa shape index (κ3) is 4.23. The summed E-state index contributed by atoms with van der Waals surface area (Å²) in [5.41, 5.74) is 1.08. The lowest BCUT2D eigenvalue weighted by Crippen LogP contribution is -2.22. The highest BCUT2D eigenvalue weighted by Gasteiger charge is 2.08. The van der Waals surface area contributed by atoms with Crippen LogP contribution >= 0.6 is 27.5 Å². The van der Waals surface area contributed by atoms with Crippen LogP contribution < -0.4 is 10.1 Å². The van der Waals surface area contributed by atoms with Gasteiger partial charge >= 0.3 is 0 Å². The van der Waals surface area contributed by atoms with Crippen LogP contribution in [0.15, 0.2) is 46.9 Å². The molecule has 0 radical (unpaired) electrons. The van der Waals surface area contributed by atoms with Gasteiger partial charge in [0.1, 0.15) is 11.5 Å². The Morgan fingerprint density at radius 2 is 1.90 bits per heavy atom. The average Bonchev–Trinajstić information content (AvgIpc) is 2.40. The van der Waals surface area contributed by atoms with Crippen molar-refractivity contribution in [1.29, 1.82) is 0 Å². The quantitative estimate of drug-likeness (QED) is 0.777. The predicted molar refractivity (Wildman–Crippen MR) is 87.6 cm³/mol. The van der Waals surface area contributed by atoms with Crippen LogP contribution in [0.5, 0.6) is 11.5 Å². The summed E-state index contributed by atoms with van der Waals surface area (Å²) in [5.74, 6) is 1.55. The lowest BCUT2D eigenvalue weighted by atomic mass is 10.2. The first-order valence-electron chi connectivity index (χ1n) is 6.50. The second kappa shape index (κ2) is 7.11. The third-order valence-corrected chi connectivity index (χ3v) is 3.68. The van der Waals surface area contributed by atoms with E-state index in [1.807, 2.05) is 42.5 Å². The maximum atomic E-state index is 6.07. The topological polar surface area (TPSA) is 21.3 Å². The van der Waals surface area contributed by atoms with Crippen molar-refractivity contribution in [3.05, 3.63) is 57.5 Å². The van der Waals surface area contributed by atoms with Crippen molar-refractivity contribution in [3.8, 4) is 11.5 Å². The number of para-hydroxylation sites is 1. The Balaban J connectivity index is 2.25. The van der Waals surface area contributed by atoms with Crippen LogP contribution in [0, 0.1) is 0 Å². The molecule has 0 aliphatic heterocycles. The maximum absolute atomic E-state index is 6.07. The Morgan fingerprint density at radius 1 is 1.15 bits per heavy atom. The molecule has 2 aromatic carbocycles. The molecule has 0 aromatic heterocycles. The van der Waals surface area contributed by atoms with Gasteiger partial charge in [0, 0.05) is 23.2 Å². The number of ether oxygens (including phenoxy) is 1. The summed E-state index contributed by atoms with van der Waals surface area (Å²) in [6.07, 6.45) is 0. The zero-order valence-electron chi connectivity index (χ0n) is 11.5. The van der Waals surface area contributed by atoms with Gasteiger partial charge in [-0.1, -0.05) is 43.6 Å². The van der Waals surface area contributed by atoms with Crippen LogP contribution in [0.3, 0.4) is 0 Å². The fraction of sp³-hybridized carbons (Fsp3) is 0.250. The summed E-state index contributed by atoms with van der Waals surface area (Å²) in [4.78, 5) is 0. The van der Waals surface area contributed by atoms with Gasteiger partial charge in [0.05, 0.1) is 4.47 Å². The Kier molecular flexibility index (Phi) is 5.46. The van der Waals surface area contributed by atoms with Gasteiger partial charge in [-0.05, 0) is 40.2 Å². The highest BCUT2D eigenvalue weighted by molar-refractivity contribution is 9.10. The monoisotopic (exact) mass is 353 g/mol. The molecule has 0 heterocycles. The van der Waals surface area contributed by atoms with Gasteiger partial charge in [-0.15, -0.1) is 0 Å². The minimum absolute atomic E-state index is 0.419. The Morgan fingerprint density at radius 3 is 2.60 bits per heavy atom. The van der Waals surface area contributed by atoms with Crippen molar-refractivity contribution in [2.24, 2.45) is 0 Å². The van der Waals surface area contributed by atoms with E-state index in [1.165, 1.54) is 0 Å². The maximum Gasteiger partial charge on any atom is 0.141 e. The molecule has 0 saturated heterocycles. The van der Waals surface area contributed by atoms with Crippen molar-refractivity contribution < 1.29 is 4.74 Å². The summed E-state index contributed by atoms with van der Waals surface area (Å²) in [6.45, 7) is 4.98. The molecule has 0 spiro atoms. The lowest BCUT2D eigenvalue weighted by Gasteiger charge is -2.14. The molecule has 1 N–H and O–H groups in total. The standard InChI is InChI=1S/C16H17BrClNO/c1-11(2)19-10-12-7-8-13(18)9-16(12)20-15-6-4-3-5-14(15)17/h3-9,11,19H,10H2,1-2H3. The molecular formula is C16H17BrClNO. The molecule has 4 heteroatoms. The number of rotatable bonds is 5. The number of nitrogens with one attached hydrogen (secondary N) is 1. The van der Waals surface area contributed by atoms with E-state index >= 15 is 0 Å². The zero-order chi connectivity index (χ0) is 14.5. The van der Waals surface area contributed by atoms with E-state index in [4.69, 9.17) is 16.3 Å². The fourth-order valence-electron chi connectivity index (χ4n) is 1.73. The van der Waals surface area contributed by atoms with E-state index in [0.717, 1.165) is 28.1 Å². The minimum atomic E-state index is 0.419. The molecule has 20 heavy (non-hydrogen) atoms. The van der Waals surface area contributed by atoms with Crippen molar-refractivity contribution in [2.75, 3.05) is 0 Å². The van der Waals surface area contributed by atoms with Gasteiger partial charge in [0.25, 0.3) is 0 Å². The summed E-state index contributed by atoms with van der Waals surface area (Å²) < 4.78 is 6.90. The second-order valence-electron chi connectivity index (χ2n) is 4.82. The number of benzene rings is 2. The van der Waals surface area contributed by atoms with Crippen LogP contribution in [-0.2, 0) is 6.54 Å². The normalized spacial score (nSPS) is 10.8. The summed E-state index contributed by atoms with van der Waals surface area (Å²) in [6, 6.07) is 13.9. The van der Waals surface area contributed by atoms with E-state index in [1.54, 1.807) is 0 Å². The van der Waals surface area contributed by atoms with Crippen LogP contribution in [-0.4, -0.2) is 6.04 Å². The SMILES string of the molecule is CC(C)NCc1ccc(Cl)cc1Oc1ccccc1Br. The third-order valence-electron chi connectivity index (χ3n) is 2.79. The van der Waals surface area contributed by atoms with Gasteiger partial charge < -0.3 is 10.1 Å². The van der Waals surface area contributed by atoms with E-state index < -0.39 is 0 Å². The highest BCUT2D eigenvalue weighted by atomic mass is 79.9. The molecule has 0 saturated carbocycles. The van der Waals surface area contributed by atoms with Crippen molar-refractivity contribution in [1.82, 2.24) is 5.32 Å². The predicted octanol–water partition coefficient (Wildman–Crippen LogP) is 5.39. The number of halogens is 2. The molecule has 0 unspecified atom stereocenters. The molecule has 2 aromatic rings. The van der Waals surface area contributed by atoms with Crippen LogP contribution in [0.4, 0.5) is 0 Å². The first-order chi connectivity index (χ1) is 9.56. The van der Waals surface area contributed by atoms with E-state index in [0.29, 0.717) is 11.1 Å².